The maximum Gasteiger partial charge on any atom is 0.273 e. The number of β-lactam (4-membered cyclic amide) rings is 1. The van der Waals surface area contributed by atoms with Crippen molar-refractivity contribution in [1.82, 2.24) is 4.90 Å². The minimum atomic E-state index is -0.639. The average molecular weight is 218 g/mol. The van der Waals surface area contributed by atoms with E-state index in [4.69, 9.17) is 4.79 Å². The zero-order valence-corrected chi connectivity index (χ0v) is 8.55. The summed E-state index contributed by atoms with van der Waals surface area (Å²) in [5, 5.41) is -0.164. The highest BCUT2D eigenvalue weighted by molar-refractivity contribution is 8.00. The Morgan fingerprint density at radius 2 is 2.38 bits per heavy atom. The van der Waals surface area contributed by atoms with Crippen LogP contribution in [0.2, 0.25) is 0 Å². The van der Waals surface area contributed by atoms with Crippen LogP contribution in [0.1, 0.15) is 6.42 Å². The standard InChI is InChI=1S/C6H7NOS.CH3NOS/c8-5-4-6-7(5)2-1-3-9-6;2-1(3)4/h1-2,6H,3-4H2;(H3,2,3,4)/t6-;/m1./s1. The summed E-state index contributed by atoms with van der Waals surface area (Å²) in [5.74, 6) is 1.33. The Hall–Kier alpha value is -0.620. The maximum absolute atomic E-state index is 10.7. The lowest BCUT2D eigenvalue weighted by Gasteiger charge is -2.39. The summed E-state index contributed by atoms with van der Waals surface area (Å²) in [6.45, 7) is 0. The van der Waals surface area contributed by atoms with Gasteiger partial charge in [-0.05, 0) is 0 Å². The van der Waals surface area contributed by atoms with Gasteiger partial charge in [-0.1, -0.05) is 18.7 Å². The topological polar surface area (TPSA) is 63.4 Å². The molecule has 13 heavy (non-hydrogen) atoms. The molecule has 0 spiro atoms. The highest BCUT2D eigenvalue weighted by Crippen LogP contribution is 2.32. The first kappa shape index (κ1) is 10.5. The zero-order valence-electron chi connectivity index (χ0n) is 6.84. The van der Waals surface area contributed by atoms with Gasteiger partial charge in [0.25, 0.3) is 5.24 Å². The fraction of sp³-hybridized carbons (Fsp3) is 0.429. The van der Waals surface area contributed by atoms with Crippen molar-refractivity contribution in [2.24, 2.45) is 5.73 Å². The Bertz CT molecular complexity index is 251. The van der Waals surface area contributed by atoms with E-state index in [-0.39, 0.29) is 5.91 Å². The van der Waals surface area contributed by atoms with Crippen molar-refractivity contribution in [3.63, 3.8) is 0 Å². The van der Waals surface area contributed by atoms with Gasteiger partial charge in [0, 0.05) is 12.0 Å². The molecule has 4 nitrogen and oxygen atoms in total. The number of primary amides is 1. The number of carbonyl (C=O) groups excluding carboxylic acids is 2. The average Bonchev–Trinajstić information content (AvgIpc) is 2.02. The van der Waals surface area contributed by atoms with E-state index in [2.05, 4.69) is 18.4 Å². The van der Waals surface area contributed by atoms with E-state index < -0.39 is 5.24 Å². The largest absolute Gasteiger partial charge is 0.361 e. The molecule has 72 valence electrons. The molecule has 2 rings (SSSR count). The Balaban J connectivity index is 0.000000184. The van der Waals surface area contributed by atoms with Crippen LogP contribution in [0.4, 0.5) is 4.79 Å². The molecule has 0 aliphatic carbocycles. The summed E-state index contributed by atoms with van der Waals surface area (Å²) in [7, 11) is 0. The monoisotopic (exact) mass is 218 g/mol. The van der Waals surface area contributed by atoms with Crippen LogP contribution in [-0.4, -0.2) is 27.2 Å². The minimum absolute atomic E-state index is 0.267. The third-order valence-corrected chi connectivity index (χ3v) is 2.76. The Morgan fingerprint density at radius 3 is 2.77 bits per heavy atom. The number of carbonyl (C=O) groups is 2. The summed E-state index contributed by atoms with van der Waals surface area (Å²) in [6.07, 6.45) is 4.67. The normalized spacial score (nSPS) is 23.9. The van der Waals surface area contributed by atoms with E-state index in [9.17, 15) is 4.79 Å². The van der Waals surface area contributed by atoms with Gasteiger partial charge < -0.3 is 10.6 Å². The summed E-state index contributed by atoms with van der Waals surface area (Å²) >= 11 is 4.94. The number of hydrogen-bond acceptors (Lipinski definition) is 3. The van der Waals surface area contributed by atoms with Crippen molar-refractivity contribution >= 4 is 35.5 Å². The molecule has 2 amide bonds. The van der Waals surface area contributed by atoms with Crippen LogP contribution in [-0.2, 0) is 4.79 Å². The van der Waals surface area contributed by atoms with Gasteiger partial charge in [0.05, 0.1) is 11.8 Å². The molecule has 2 aliphatic rings. The lowest BCUT2D eigenvalue weighted by Crippen LogP contribution is -2.48. The van der Waals surface area contributed by atoms with E-state index in [1.54, 1.807) is 4.90 Å². The van der Waals surface area contributed by atoms with Crippen LogP contribution >= 0.6 is 24.4 Å². The van der Waals surface area contributed by atoms with Crippen LogP contribution < -0.4 is 5.73 Å². The zero-order chi connectivity index (χ0) is 9.84. The number of nitrogens with zero attached hydrogens (tertiary/aromatic N) is 1. The number of nitrogens with two attached hydrogens (primary N) is 1. The van der Waals surface area contributed by atoms with Crippen LogP contribution in [0.15, 0.2) is 12.3 Å². The number of amides is 2. The van der Waals surface area contributed by atoms with Gasteiger partial charge in [0.15, 0.2) is 0 Å². The Kier molecular flexibility index (Phi) is 3.68. The van der Waals surface area contributed by atoms with Gasteiger partial charge in [0.2, 0.25) is 5.91 Å². The van der Waals surface area contributed by atoms with Crippen molar-refractivity contribution < 1.29 is 9.59 Å². The predicted molar refractivity (Wildman–Crippen MR) is 55.4 cm³/mol. The molecule has 2 aliphatic heterocycles. The van der Waals surface area contributed by atoms with Crippen molar-refractivity contribution in [2.45, 2.75) is 11.8 Å². The molecule has 1 atom stereocenters. The molecule has 0 radical (unpaired) electrons. The van der Waals surface area contributed by atoms with Gasteiger partial charge >= 0.3 is 0 Å². The fourth-order valence-corrected chi connectivity index (χ4v) is 2.07. The number of rotatable bonds is 0. The highest BCUT2D eigenvalue weighted by atomic mass is 32.2. The first-order chi connectivity index (χ1) is 6.11. The van der Waals surface area contributed by atoms with Crippen molar-refractivity contribution in [2.75, 3.05) is 5.75 Å². The molecule has 0 aromatic carbocycles. The van der Waals surface area contributed by atoms with Crippen molar-refractivity contribution in [1.29, 1.82) is 0 Å². The van der Waals surface area contributed by atoms with Crippen molar-refractivity contribution in [3.8, 4) is 0 Å². The molecule has 6 heteroatoms. The lowest BCUT2D eigenvalue weighted by atomic mass is 10.2. The smallest absolute Gasteiger partial charge is 0.273 e. The van der Waals surface area contributed by atoms with Gasteiger partial charge in [-0.3, -0.25) is 9.59 Å². The molecular formula is C7H10N2O2S2. The molecule has 0 aromatic heterocycles. The van der Waals surface area contributed by atoms with Crippen LogP contribution in [0.3, 0.4) is 0 Å². The maximum atomic E-state index is 10.7. The molecule has 1 fully saturated rings. The summed E-state index contributed by atoms with van der Waals surface area (Å²) in [4.78, 5) is 21.6. The van der Waals surface area contributed by atoms with Crippen molar-refractivity contribution in [3.05, 3.63) is 12.3 Å². The lowest BCUT2D eigenvalue weighted by molar-refractivity contribution is -0.137. The molecule has 2 N–H and O–H groups in total. The summed E-state index contributed by atoms with van der Waals surface area (Å²) in [6, 6.07) is 0. The minimum Gasteiger partial charge on any atom is -0.361 e. The second-order valence-corrected chi connectivity index (χ2v) is 4.17. The quantitative estimate of drug-likeness (QED) is 0.467. The van der Waals surface area contributed by atoms with Crippen LogP contribution in [0, 0.1) is 0 Å². The molecule has 0 saturated carbocycles. The van der Waals surface area contributed by atoms with Gasteiger partial charge in [-0.2, -0.15) is 0 Å². The molecular weight excluding hydrogens is 208 g/mol. The van der Waals surface area contributed by atoms with Gasteiger partial charge in [0.1, 0.15) is 0 Å². The SMILES string of the molecule is NC(=O)S.O=C1C[C@H]2SCC=CN12. The third-order valence-electron chi connectivity index (χ3n) is 1.60. The second-order valence-electron chi connectivity index (χ2n) is 2.52. The van der Waals surface area contributed by atoms with E-state index >= 15 is 0 Å². The van der Waals surface area contributed by atoms with E-state index in [1.165, 1.54) is 0 Å². The Morgan fingerprint density at radius 1 is 1.77 bits per heavy atom. The first-order valence-electron chi connectivity index (χ1n) is 3.69. The van der Waals surface area contributed by atoms with Gasteiger partial charge in [-0.25, -0.2) is 0 Å². The van der Waals surface area contributed by atoms with E-state index in [0.29, 0.717) is 5.37 Å². The summed E-state index contributed by atoms with van der Waals surface area (Å²) < 4.78 is 0. The molecule has 0 unspecified atom stereocenters. The molecule has 0 bridgehead atoms. The van der Waals surface area contributed by atoms with Crippen LogP contribution in [0.25, 0.3) is 0 Å². The summed E-state index contributed by atoms with van der Waals surface area (Å²) in [5.41, 5.74) is 4.34. The number of thiol groups is 1. The predicted octanol–water partition coefficient (Wildman–Crippen LogP) is 0.800. The Labute approximate surface area is 85.9 Å². The molecule has 0 aromatic rings. The van der Waals surface area contributed by atoms with Crippen LogP contribution in [0.5, 0.6) is 0 Å². The fourth-order valence-electron chi connectivity index (χ4n) is 1.04. The van der Waals surface area contributed by atoms with E-state index in [0.717, 1.165) is 12.2 Å². The van der Waals surface area contributed by atoms with Gasteiger partial charge in [-0.15, -0.1) is 11.8 Å². The number of hydrogen-bond donors (Lipinski definition) is 2. The third kappa shape index (κ3) is 2.96. The number of fused-ring (bicyclic) bond motifs is 1. The molecule has 1 saturated heterocycles. The second kappa shape index (κ2) is 4.57. The van der Waals surface area contributed by atoms with E-state index in [1.807, 2.05) is 24.0 Å². The number of thioether (sulfide) groups is 1. The molecule has 2 heterocycles. The first-order valence-corrected chi connectivity index (χ1v) is 5.18. The highest BCUT2D eigenvalue weighted by Gasteiger charge is 2.35.